The number of carboxylic acids is 2. The second-order valence-corrected chi connectivity index (χ2v) is 8.25. The highest BCUT2D eigenvalue weighted by Gasteiger charge is 2.31. The van der Waals surface area contributed by atoms with E-state index in [1.807, 2.05) is 0 Å². The maximum absolute atomic E-state index is 13.1. The highest BCUT2D eigenvalue weighted by atomic mass is 32.1. The molecule has 12 nitrogen and oxygen atoms in total. The number of nitrogens with two attached hydrogens (primary N) is 2. The van der Waals surface area contributed by atoms with Crippen LogP contribution in [-0.4, -0.2) is 76.3 Å². The van der Waals surface area contributed by atoms with Crippen molar-refractivity contribution in [3.63, 3.8) is 0 Å². The van der Waals surface area contributed by atoms with E-state index in [0.717, 1.165) is 0 Å². The van der Waals surface area contributed by atoms with Crippen molar-refractivity contribution < 1.29 is 34.2 Å². The minimum Gasteiger partial charge on any atom is -0.481 e. The molecule has 3 amide bonds. The van der Waals surface area contributed by atoms with Crippen LogP contribution in [-0.2, 0) is 30.4 Å². The SMILES string of the molecule is NCCCCC(NC(=O)C(N)CS)C(=O)NC(Cc1ccccc1)C(=O)NC(CC(=O)O)C(=O)O. The fourth-order valence-electron chi connectivity index (χ4n) is 3.10. The number of hydrogen-bond acceptors (Lipinski definition) is 8. The predicted octanol–water partition coefficient (Wildman–Crippen LogP) is -1.37. The molecule has 13 heteroatoms. The van der Waals surface area contributed by atoms with Crippen LogP contribution in [0.5, 0.6) is 0 Å². The Labute approximate surface area is 208 Å². The van der Waals surface area contributed by atoms with Crippen molar-refractivity contribution in [2.75, 3.05) is 12.3 Å². The minimum atomic E-state index is -1.69. The first kappa shape index (κ1) is 29.9. The van der Waals surface area contributed by atoms with Crippen molar-refractivity contribution in [1.82, 2.24) is 16.0 Å². The summed E-state index contributed by atoms with van der Waals surface area (Å²) in [7, 11) is 0. The molecule has 4 atom stereocenters. The molecular formula is C22H33N5O7S. The molecule has 1 rings (SSSR count). The Bertz CT molecular complexity index is 871. The molecule has 0 aromatic heterocycles. The molecule has 0 saturated heterocycles. The molecule has 35 heavy (non-hydrogen) atoms. The summed E-state index contributed by atoms with van der Waals surface area (Å²) in [5, 5.41) is 25.5. The van der Waals surface area contributed by atoms with E-state index in [1.54, 1.807) is 30.3 Å². The Morgan fingerprint density at radius 1 is 0.857 bits per heavy atom. The minimum absolute atomic E-state index is 0.00254. The summed E-state index contributed by atoms with van der Waals surface area (Å²) in [5.74, 6) is -5.03. The van der Waals surface area contributed by atoms with Gasteiger partial charge in [-0.05, 0) is 31.4 Å². The van der Waals surface area contributed by atoms with Crippen LogP contribution in [0.15, 0.2) is 30.3 Å². The van der Waals surface area contributed by atoms with E-state index in [9.17, 15) is 29.1 Å². The van der Waals surface area contributed by atoms with Gasteiger partial charge >= 0.3 is 11.9 Å². The van der Waals surface area contributed by atoms with Gasteiger partial charge < -0.3 is 37.6 Å². The average molecular weight is 512 g/mol. The number of thiol groups is 1. The Hall–Kier alpha value is -3.16. The van der Waals surface area contributed by atoms with Gasteiger partial charge in [0.25, 0.3) is 0 Å². The van der Waals surface area contributed by atoms with Gasteiger partial charge in [0, 0.05) is 12.2 Å². The fourth-order valence-corrected chi connectivity index (χ4v) is 3.27. The van der Waals surface area contributed by atoms with Gasteiger partial charge in [-0.25, -0.2) is 4.79 Å². The number of rotatable bonds is 16. The summed E-state index contributed by atoms with van der Waals surface area (Å²) in [6.45, 7) is 0.387. The molecular weight excluding hydrogens is 478 g/mol. The highest BCUT2D eigenvalue weighted by molar-refractivity contribution is 7.80. The standard InChI is InChI=1S/C22H33N5O7S/c23-9-5-4-8-15(25-19(30)14(24)12-35)20(31)26-16(10-13-6-2-1-3-7-13)21(32)27-17(22(33)34)11-18(28)29/h1-3,6-7,14-17,35H,4-5,8-12,23-24H2,(H,25,30)(H,26,31)(H,27,32)(H,28,29)(H,33,34). The summed E-state index contributed by atoms with van der Waals surface area (Å²) in [6.07, 6.45) is 0.496. The van der Waals surface area contributed by atoms with Gasteiger partial charge in [-0.15, -0.1) is 0 Å². The van der Waals surface area contributed by atoms with Crippen LogP contribution in [0.4, 0.5) is 0 Å². The van der Waals surface area contributed by atoms with Gasteiger partial charge in [0.05, 0.1) is 12.5 Å². The number of aliphatic carboxylic acids is 2. The van der Waals surface area contributed by atoms with E-state index >= 15 is 0 Å². The van der Waals surface area contributed by atoms with Crippen molar-refractivity contribution in [2.45, 2.75) is 56.3 Å². The molecule has 9 N–H and O–H groups in total. The number of carboxylic acid groups (broad SMARTS) is 2. The Balaban J connectivity index is 3.10. The first-order valence-corrected chi connectivity index (χ1v) is 11.7. The number of unbranched alkanes of at least 4 members (excludes halogenated alkanes) is 1. The number of amides is 3. The smallest absolute Gasteiger partial charge is 0.326 e. The number of hydrogen-bond donors (Lipinski definition) is 8. The molecule has 4 unspecified atom stereocenters. The zero-order chi connectivity index (χ0) is 26.4. The molecule has 0 bridgehead atoms. The van der Waals surface area contributed by atoms with Crippen LogP contribution >= 0.6 is 12.6 Å². The van der Waals surface area contributed by atoms with E-state index < -0.39 is 60.2 Å². The largest absolute Gasteiger partial charge is 0.481 e. The third-order valence-corrected chi connectivity index (χ3v) is 5.42. The topological polar surface area (TPSA) is 214 Å². The normalized spacial score (nSPS) is 14.1. The van der Waals surface area contributed by atoms with E-state index in [4.69, 9.17) is 16.6 Å². The molecule has 0 aliphatic heterocycles. The van der Waals surface area contributed by atoms with Gasteiger partial charge in [-0.3, -0.25) is 19.2 Å². The van der Waals surface area contributed by atoms with Gasteiger partial charge in [-0.1, -0.05) is 30.3 Å². The maximum atomic E-state index is 13.1. The molecule has 0 aliphatic carbocycles. The molecule has 1 aromatic rings. The molecule has 0 saturated carbocycles. The number of benzene rings is 1. The van der Waals surface area contributed by atoms with Crippen LogP contribution in [0.25, 0.3) is 0 Å². The van der Waals surface area contributed by atoms with Crippen LogP contribution in [0.1, 0.15) is 31.2 Å². The molecule has 0 aliphatic rings. The lowest BCUT2D eigenvalue weighted by atomic mass is 10.0. The number of carbonyl (C=O) groups excluding carboxylic acids is 3. The third kappa shape index (κ3) is 11.2. The van der Waals surface area contributed by atoms with Crippen LogP contribution in [0, 0.1) is 0 Å². The van der Waals surface area contributed by atoms with E-state index in [-0.39, 0.29) is 18.6 Å². The van der Waals surface area contributed by atoms with E-state index in [2.05, 4.69) is 28.6 Å². The lowest BCUT2D eigenvalue weighted by Crippen LogP contribution is -2.58. The first-order chi connectivity index (χ1) is 16.6. The summed E-state index contributed by atoms with van der Waals surface area (Å²) in [4.78, 5) is 60.7. The second kappa shape index (κ2) is 15.7. The van der Waals surface area contributed by atoms with Crippen molar-refractivity contribution in [1.29, 1.82) is 0 Å². The fraction of sp³-hybridized carbons (Fsp3) is 0.500. The van der Waals surface area contributed by atoms with Gasteiger partial charge in [0.1, 0.15) is 18.1 Å². The van der Waals surface area contributed by atoms with E-state index in [0.29, 0.717) is 24.9 Å². The Morgan fingerprint density at radius 2 is 1.43 bits per heavy atom. The zero-order valence-corrected chi connectivity index (χ0v) is 20.1. The molecule has 0 spiro atoms. The van der Waals surface area contributed by atoms with Crippen LogP contribution in [0.3, 0.4) is 0 Å². The molecule has 1 aromatic carbocycles. The number of carbonyl (C=O) groups is 5. The van der Waals surface area contributed by atoms with Gasteiger partial charge in [0.2, 0.25) is 17.7 Å². The average Bonchev–Trinajstić information content (AvgIpc) is 2.82. The molecule has 194 valence electrons. The van der Waals surface area contributed by atoms with E-state index in [1.165, 1.54) is 0 Å². The Morgan fingerprint density at radius 3 is 1.97 bits per heavy atom. The highest BCUT2D eigenvalue weighted by Crippen LogP contribution is 2.07. The van der Waals surface area contributed by atoms with Gasteiger partial charge in [-0.2, -0.15) is 12.6 Å². The lowest BCUT2D eigenvalue weighted by molar-refractivity contribution is -0.147. The van der Waals surface area contributed by atoms with Crippen molar-refractivity contribution in [2.24, 2.45) is 11.5 Å². The third-order valence-electron chi connectivity index (χ3n) is 5.02. The summed E-state index contributed by atoms with van der Waals surface area (Å²) < 4.78 is 0. The quantitative estimate of drug-likeness (QED) is 0.0969. The van der Waals surface area contributed by atoms with Crippen LogP contribution < -0.4 is 27.4 Å². The predicted molar refractivity (Wildman–Crippen MR) is 131 cm³/mol. The summed E-state index contributed by atoms with van der Waals surface area (Å²) >= 11 is 3.98. The zero-order valence-electron chi connectivity index (χ0n) is 19.2. The molecule has 0 fully saturated rings. The van der Waals surface area contributed by atoms with Crippen LogP contribution in [0.2, 0.25) is 0 Å². The van der Waals surface area contributed by atoms with Crippen molar-refractivity contribution >= 4 is 42.3 Å². The monoisotopic (exact) mass is 511 g/mol. The summed E-state index contributed by atoms with van der Waals surface area (Å²) in [5.41, 5.74) is 11.9. The lowest BCUT2D eigenvalue weighted by Gasteiger charge is -2.25. The molecule has 0 heterocycles. The maximum Gasteiger partial charge on any atom is 0.326 e. The molecule has 0 radical (unpaired) electrons. The second-order valence-electron chi connectivity index (χ2n) is 7.88. The van der Waals surface area contributed by atoms with Gasteiger partial charge in [0.15, 0.2) is 0 Å². The summed E-state index contributed by atoms with van der Waals surface area (Å²) in [6, 6.07) is 3.74. The van der Waals surface area contributed by atoms with Crippen molar-refractivity contribution in [3.8, 4) is 0 Å². The number of nitrogens with one attached hydrogen (secondary N) is 3. The Kier molecular flexibility index (Phi) is 13.4. The van der Waals surface area contributed by atoms with Crippen molar-refractivity contribution in [3.05, 3.63) is 35.9 Å². The first-order valence-electron chi connectivity index (χ1n) is 11.0.